The summed E-state index contributed by atoms with van der Waals surface area (Å²) in [5.41, 5.74) is 3.05. The number of nitrogens with zero attached hydrogens (tertiary/aromatic N) is 3. The largest absolute Gasteiger partial charge is 0.303 e. The number of halogens is 1. The van der Waals surface area contributed by atoms with Crippen LogP contribution < -0.4 is 5.32 Å². The van der Waals surface area contributed by atoms with Crippen molar-refractivity contribution in [2.75, 3.05) is 0 Å². The quantitative estimate of drug-likeness (QED) is 0.888. The molecule has 0 saturated heterocycles. The van der Waals surface area contributed by atoms with Gasteiger partial charge in [-0.1, -0.05) is 24.6 Å². The average Bonchev–Trinajstić information content (AvgIpc) is 2.81. The number of aromatic nitrogens is 3. The average molecular weight is 293 g/mol. The van der Waals surface area contributed by atoms with E-state index in [2.05, 4.69) is 36.2 Å². The molecule has 0 unspecified atom stereocenters. The SMILES string of the molecule is CCc1nn(CC)c(CN[C@@H](C)c2ccccn2)c1Cl. The summed E-state index contributed by atoms with van der Waals surface area (Å²) in [6.07, 6.45) is 2.67. The van der Waals surface area contributed by atoms with Crippen molar-refractivity contribution in [3.05, 3.63) is 46.5 Å². The van der Waals surface area contributed by atoms with E-state index in [0.717, 1.165) is 35.1 Å². The highest BCUT2D eigenvalue weighted by Crippen LogP contribution is 2.22. The van der Waals surface area contributed by atoms with Gasteiger partial charge in [0.2, 0.25) is 0 Å². The lowest BCUT2D eigenvalue weighted by atomic mass is 10.2. The van der Waals surface area contributed by atoms with Crippen LogP contribution in [-0.2, 0) is 19.5 Å². The number of hydrogen-bond acceptors (Lipinski definition) is 3. The van der Waals surface area contributed by atoms with Crippen LogP contribution in [0.1, 0.15) is 43.9 Å². The molecule has 1 N–H and O–H groups in total. The van der Waals surface area contributed by atoms with Crippen LogP contribution in [0.3, 0.4) is 0 Å². The lowest BCUT2D eigenvalue weighted by Gasteiger charge is -2.14. The molecule has 0 radical (unpaired) electrons. The molecule has 1 atom stereocenters. The minimum Gasteiger partial charge on any atom is -0.303 e. The maximum atomic E-state index is 6.40. The Morgan fingerprint density at radius 2 is 2.15 bits per heavy atom. The maximum absolute atomic E-state index is 6.40. The van der Waals surface area contributed by atoms with Crippen LogP contribution in [0.5, 0.6) is 0 Å². The predicted octanol–water partition coefficient (Wildman–Crippen LogP) is 3.36. The first-order valence-corrected chi connectivity index (χ1v) is 7.43. The monoisotopic (exact) mass is 292 g/mol. The minimum atomic E-state index is 0.178. The van der Waals surface area contributed by atoms with Gasteiger partial charge in [0.15, 0.2) is 0 Å². The van der Waals surface area contributed by atoms with Gasteiger partial charge < -0.3 is 5.32 Å². The highest BCUT2D eigenvalue weighted by molar-refractivity contribution is 6.31. The highest BCUT2D eigenvalue weighted by Gasteiger charge is 2.15. The second-order valence-corrected chi connectivity index (χ2v) is 5.11. The summed E-state index contributed by atoms with van der Waals surface area (Å²) in [6.45, 7) is 7.77. The molecule has 0 fully saturated rings. The van der Waals surface area contributed by atoms with Crippen molar-refractivity contribution < 1.29 is 0 Å². The lowest BCUT2D eigenvalue weighted by molar-refractivity contribution is 0.523. The van der Waals surface area contributed by atoms with Crippen molar-refractivity contribution in [2.45, 2.75) is 46.3 Å². The third kappa shape index (κ3) is 3.19. The Bertz CT molecular complexity index is 551. The summed E-state index contributed by atoms with van der Waals surface area (Å²) < 4.78 is 1.97. The van der Waals surface area contributed by atoms with Gasteiger partial charge in [0, 0.05) is 25.3 Å². The fourth-order valence-corrected chi connectivity index (χ4v) is 2.51. The van der Waals surface area contributed by atoms with Crippen molar-refractivity contribution in [3.63, 3.8) is 0 Å². The van der Waals surface area contributed by atoms with Gasteiger partial charge >= 0.3 is 0 Å². The molecule has 20 heavy (non-hydrogen) atoms. The topological polar surface area (TPSA) is 42.7 Å². The standard InChI is InChI=1S/C15H21ClN4/c1-4-12-15(16)14(20(5-2)19-12)10-18-11(3)13-8-6-7-9-17-13/h6-9,11,18H,4-5,10H2,1-3H3/t11-/m0/s1. The Kier molecular flexibility index (Phi) is 5.15. The molecule has 0 bridgehead atoms. The third-order valence-corrected chi connectivity index (χ3v) is 3.84. The van der Waals surface area contributed by atoms with Crippen molar-refractivity contribution in [1.82, 2.24) is 20.1 Å². The Hall–Kier alpha value is -1.39. The molecule has 2 heterocycles. The Morgan fingerprint density at radius 3 is 2.75 bits per heavy atom. The molecule has 0 saturated carbocycles. The summed E-state index contributed by atoms with van der Waals surface area (Å²) in [7, 11) is 0. The fourth-order valence-electron chi connectivity index (χ4n) is 2.17. The molecule has 4 nitrogen and oxygen atoms in total. The van der Waals surface area contributed by atoms with Gasteiger partial charge in [0.05, 0.1) is 22.1 Å². The molecule has 0 aliphatic rings. The van der Waals surface area contributed by atoms with E-state index in [0.29, 0.717) is 6.54 Å². The number of aryl methyl sites for hydroxylation is 2. The number of pyridine rings is 1. The first-order valence-electron chi connectivity index (χ1n) is 7.05. The second kappa shape index (κ2) is 6.86. The molecule has 0 amide bonds. The molecule has 108 valence electrons. The zero-order valence-electron chi connectivity index (χ0n) is 12.2. The summed E-state index contributed by atoms with van der Waals surface area (Å²) in [4.78, 5) is 4.36. The van der Waals surface area contributed by atoms with Crippen LogP contribution in [-0.4, -0.2) is 14.8 Å². The van der Waals surface area contributed by atoms with Crippen LogP contribution >= 0.6 is 11.6 Å². The molecule has 5 heteroatoms. The van der Waals surface area contributed by atoms with Gasteiger partial charge in [0.25, 0.3) is 0 Å². The van der Waals surface area contributed by atoms with Crippen LogP contribution in [0.15, 0.2) is 24.4 Å². The summed E-state index contributed by atoms with van der Waals surface area (Å²) >= 11 is 6.40. The third-order valence-electron chi connectivity index (χ3n) is 3.40. The molecule has 0 aliphatic carbocycles. The van der Waals surface area contributed by atoms with Gasteiger partial charge in [-0.05, 0) is 32.4 Å². The van der Waals surface area contributed by atoms with Gasteiger partial charge in [-0.3, -0.25) is 9.67 Å². The molecule has 2 aromatic heterocycles. The first kappa shape index (κ1) is 15.0. The van der Waals surface area contributed by atoms with Crippen LogP contribution in [0, 0.1) is 0 Å². The number of rotatable bonds is 6. The molecular weight excluding hydrogens is 272 g/mol. The van der Waals surface area contributed by atoms with E-state index in [1.807, 2.05) is 29.1 Å². The Labute approximate surface area is 125 Å². The molecule has 0 aromatic carbocycles. The summed E-state index contributed by atoms with van der Waals surface area (Å²) in [5.74, 6) is 0. The minimum absolute atomic E-state index is 0.178. The van der Waals surface area contributed by atoms with Crippen LogP contribution in [0.4, 0.5) is 0 Å². The number of nitrogens with one attached hydrogen (secondary N) is 1. The van der Waals surface area contributed by atoms with Crippen molar-refractivity contribution in [3.8, 4) is 0 Å². The zero-order valence-corrected chi connectivity index (χ0v) is 13.0. The normalized spacial score (nSPS) is 12.6. The maximum Gasteiger partial charge on any atom is 0.0863 e. The van der Waals surface area contributed by atoms with E-state index in [-0.39, 0.29) is 6.04 Å². The Balaban J connectivity index is 2.09. The zero-order chi connectivity index (χ0) is 14.5. The fraction of sp³-hybridized carbons (Fsp3) is 0.467. The van der Waals surface area contributed by atoms with Crippen LogP contribution in [0.25, 0.3) is 0 Å². The summed E-state index contributed by atoms with van der Waals surface area (Å²) in [6, 6.07) is 6.12. The van der Waals surface area contributed by atoms with Crippen molar-refractivity contribution in [1.29, 1.82) is 0 Å². The van der Waals surface area contributed by atoms with E-state index < -0.39 is 0 Å². The van der Waals surface area contributed by atoms with Crippen molar-refractivity contribution >= 4 is 11.6 Å². The van der Waals surface area contributed by atoms with E-state index in [4.69, 9.17) is 11.6 Å². The predicted molar refractivity (Wildman–Crippen MR) is 81.8 cm³/mol. The van der Waals surface area contributed by atoms with E-state index >= 15 is 0 Å². The van der Waals surface area contributed by atoms with E-state index in [9.17, 15) is 0 Å². The van der Waals surface area contributed by atoms with E-state index in [1.165, 1.54) is 0 Å². The number of hydrogen-bond donors (Lipinski definition) is 1. The van der Waals surface area contributed by atoms with Crippen molar-refractivity contribution in [2.24, 2.45) is 0 Å². The molecular formula is C15H21ClN4. The second-order valence-electron chi connectivity index (χ2n) is 4.73. The highest BCUT2D eigenvalue weighted by atomic mass is 35.5. The summed E-state index contributed by atoms with van der Waals surface area (Å²) in [5, 5.41) is 8.77. The van der Waals surface area contributed by atoms with Gasteiger partial charge in [-0.2, -0.15) is 5.10 Å². The lowest BCUT2D eigenvalue weighted by Crippen LogP contribution is -2.21. The molecule has 2 rings (SSSR count). The van der Waals surface area contributed by atoms with Gasteiger partial charge in [-0.15, -0.1) is 0 Å². The van der Waals surface area contributed by atoms with Gasteiger partial charge in [-0.25, -0.2) is 0 Å². The first-order chi connectivity index (χ1) is 9.67. The molecule has 0 spiro atoms. The smallest absolute Gasteiger partial charge is 0.0863 e. The van der Waals surface area contributed by atoms with Gasteiger partial charge in [0.1, 0.15) is 0 Å². The Morgan fingerprint density at radius 1 is 1.35 bits per heavy atom. The van der Waals surface area contributed by atoms with E-state index in [1.54, 1.807) is 0 Å². The molecule has 2 aromatic rings. The van der Waals surface area contributed by atoms with Crippen LogP contribution in [0.2, 0.25) is 5.02 Å². The molecule has 0 aliphatic heterocycles.